The van der Waals surface area contributed by atoms with Crippen molar-refractivity contribution in [3.05, 3.63) is 24.0 Å². The lowest BCUT2D eigenvalue weighted by Gasteiger charge is -2.20. The molecule has 130 valence electrons. The number of aromatic nitrogens is 4. The number of aryl methyl sites for hydroxylation is 1. The van der Waals surface area contributed by atoms with Crippen molar-refractivity contribution in [2.75, 3.05) is 45.2 Å². The van der Waals surface area contributed by atoms with Crippen LogP contribution < -0.4 is 11.5 Å². The smallest absolute Gasteiger partial charge is 0.241 e. The molecule has 3 rings (SSSR count). The molecule has 0 amide bonds. The van der Waals surface area contributed by atoms with Crippen LogP contribution in [-0.2, 0) is 6.42 Å². The number of nitrogens with zero attached hydrogens (tertiary/aromatic N) is 6. The Labute approximate surface area is 142 Å². The average Bonchev–Trinajstić information content (AvgIpc) is 3.15. The fraction of sp³-hybridized carbons (Fsp3) is 0.562. The zero-order valence-electron chi connectivity index (χ0n) is 14.4. The summed E-state index contributed by atoms with van der Waals surface area (Å²) in [4.78, 5) is 13.3. The molecule has 24 heavy (non-hydrogen) atoms. The first kappa shape index (κ1) is 16.7. The van der Waals surface area contributed by atoms with Crippen LogP contribution >= 0.6 is 0 Å². The fourth-order valence-electron chi connectivity index (χ4n) is 3.14. The van der Waals surface area contributed by atoms with Gasteiger partial charge in [0.1, 0.15) is 0 Å². The molecule has 1 unspecified atom stereocenters. The summed E-state index contributed by atoms with van der Waals surface area (Å²) in [5.41, 5.74) is 13.2. The Morgan fingerprint density at radius 1 is 1.29 bits per heavy atom. The SMILES string of the molecule is CN(C)C1CCN(CCCc2ccc(-n3nc(N)nc3N)cn2)C1. The van der Waals surface area contributed by atoms with E-state index in [9.17, 15) is 0 Å². The third-order valence-corrected chi connectivity index (χ3v) is 4.59. The molecular formula is C16H26N8. The molecule has 2 aromatic heterocycles. The molecule has 8 heteroatoms. The Morgan fingerprint density at radius 3 is 2.71 bits per heavy atom. The summed E-state index contributed by atoms with van der Waals surface area (Å²) in [5.74, 6) is 0.435. The zero-order valence-corrected chi connectivity index (χ0v) is 14.4. The van der Waals surface area contributed by atoms with E-state index in [0.717, 1.165) is 30.8 Å². The first-order valence-corrected chi connectivity index (χ1v) is 8.35. The molecule has 0 aromatic carbocycles. The van der Waals surface area contributed by atoms with Crippen LogP contribution in [0.1, 0.15) is 18.5 Å². The van der Waals surface area contributed by atoms with Crippen LogP contribution in [0.15, 0.2) is 18.3 Å². The Bertz CT molecular complexity index is 663. The number of nitrogen functional groups attached to an aromatic ring is 2. The molecular weight excluding hydrogens is 304 g/mol. The molecule has 1 saturated heterocycles. The van der Waals surface area contributed by atoms with Gasteiger partial charge < -0.3 is 21.3 Å². The Kier molecular flexibility index (Phi) is 4.96. The highest BCUT2D eigenvalue weighted by molar-refractivity contribution is 5.39. The second kappa shape index (κ2) is 7.14. The summed E-state index contributed by atoms with van der Waals surface area (Å²) in [6.45, 7) is 3.49. The van der Waals surface area contributed by atoms with Gasteiger partial charge in [-0.25, -0.2) is 0 Å². The Morgan fingerprint density at radius 2 is 2.12 bits per heavy atom. The van der Waals surface area contributed by atoms with E-state index < -0.39 is 0 Å². The van der Waals surface area contributed by atoms with Crippen molar-refractivity contribution in [1.29, 1.82) is 0 Å². The normalized spacial score (nSPS) is 18.5. The van der Waals surface area contributed by atoms with Gasteiger partial charge in [-0.3, -0.25) is 4.98 Å². The molecule has 2 aromatic rings. The average molecular weight is 330 g/mol. The lowest BCUT2D eigenvalue weighted by molar-refractivity contribution is 0.267. The quantitative estimate of drug-likeness (QED) is 0.790. The van der Waals surface area contributed by atoms with Crippen molar-refractivity contribution in [2.45, 2.75) is 25.3 Å². The van der Waals surface area contributed by atoms with Crippen molar-refractivity contribution < 1.29 is 0 Å². The first-order chi connectivity index (χ1) is 11.5. The van der Waals surface area contributed by atoms with E-state index >= 15 is 0 Å². The maximum Gasteiger partial charge on any atom is 0.241 e. The third-order valence-electron chi connectivity index (χ3n) is 4.59. The number of hydrogen-bond donors (Lipinski definition) is 2. The summed E-state index contributed by atoms with van der Waals surface area (Å²) >= 11 is 0. The minimum Gasteiger partial charge on any atom is -0.368 e. The molecule has 1 aliphatic rings. The van der Waals surface area contributed by atoms with Crippen LogP contribution in [0.3, 0.4) is 0 Å². The van der Waals surface area contributed by atoms with E-state index in [1.165, 1.54) is 24.2 Å². The molecule has 4 N–H and O–H groups in total. The predicted molar refractivity (Wildman–Crippen MR) is 94.8 cm³/mol. The summed E-state index contributed by atoms with van der Waals surface area (Å²) in [7, 11) is 4.32. The Hall–Kier alpha value is -2.19. The van der Waals surface area contributed by atoms with Crippen LogP contribution in [-0.4, -0.2) is 69.3 Å². The van der Waals surface area contributed by atoms with Gasteiger partial charge in [-0.05, 0) is 58.6 Å². The topological polar surface area (TPSA) is 102 Å². The third kappa shape index (κ3) is 3.82. The summed E-state index contributed by atoms with van der Waals surface area (Å²) in [5, 5.41) is 4.05. The monoisotopic (exact) mass is 330 g/mol. The van der Waals surface area contributed by atoms with Gasteiger partial charge in [-0.1, -0.05) is 0 Å². The van der Waals surface area contributed by atoms with Crippen molar-refractivity contribution in [1.82, 2.24) is 29.5 Å². The van der Waals surface area contributed by atoms with Crippen molar-refractivity contribution in [2.24, 2.45) is 0 Å². The van der Waals surface area contributed by atoms with Gasteiger partial charge in [-0.15, -0.1) is 5.10 Å². The van der Waals surface area contributed by atoms with Crippen LogP contribution in [0.25, 0.3) is 5.69 Å². The molecule has 1 fully saturated rings. The molecule has 0 spiro atoms. The molecule has 0 aliphatic carbocycles. The number of likely N-dealkylation sites (tertiary alicyclic amines) is 1. The van der Waals surface area contributed by atoms with Crippen LogP contribution in [0.5, 0.6) is 0 Å². The van der Waals surface area contributed by atoms with E-state index in [1.54, 1.807) is 6.20 Å². The van der Waals surface area contributed by atoms with Gasteiger partial charge in [0.15, 0.2) is 0 Å². The van der Waals surface area contributed by atoms with Gasteiger partial charge in [0.2, 0.25) is 11.9 Å². The molecule has 8 nitrogen and oxygen atoms in total. The summed E-state index contributed by atoms with van der Waals surface area (Å²) in [6.07, 6.45) is 5.11. The standard InChI is InChI=1S/C16H26N8/c1-22(2)14-7-9-23(11-14)8-3-4-12-5-6-13(10-19-12)24-16(18)20-15(17)21-24/h5-6,10,14H,3-4,7-9,11H2,1-2H3,(H4,17,18,20,21). The van der Waals surface area contributed by atoms with E-state index in [0.29, 0.717) is 6.04 Å². The van der Waals surface area contributed by atoms with Crippen LogP contribution in [0.4, 0.5) is 11.9 Å². The van der Waals surface area contributed by atoms with Gasteiger partial charge >= 0.3 is 0 Å². The molecule has 3 heterocycles. The molecule has 1 aliphatic heterocycles. The molecule has 0 radical (unpaired) electrons. The number of pyridine rings is 1. The second-order valence-electron chi connectivity index (χ2n) is 6.56. The number of hydrogen-bond acceptors (Lipinski definition) is 7. The number of likely N-dealkylation sites (N-methyl/N-ethyl adjacent to an activating group) is 1. The van der Waals surface area contributed by atoms with Crippen molar-refractivity contribution in [3.8, 4) is 5.69 Å². The predicted octanol–water partition coefficient (Wildman–Crippen LogP) is 0.395. The second-order valence-corrected chi connectivity index (χ2v) is 6.56. The maximum absolute atomic E-state index is 5.77. The minimum absolute atomic E-state index is 0.165. The molecule has 0 saturated carbocycles. The number of nitrogens with two attached hydrogens (primary N) is 2. The first-order valence-electron chi connectivity index (χ1n) is 8.35. The van der Waals surface area contributed by atoms with Gasteiger partial charge in [0.25, 0.3) is 0 Å². The van der Waals surface area contributed by atoms with Gasteiger partial charge in [-0.2, -0.15) is 9.67 Å². The Balaban J connectivity index is 1.49. The maximum atomic E-state index is 5.77. The van der Waals surface area contributed by atoms with Crippen molar-refractivity contribution >= 4 is 11.9 Å². The van der Waals surface area contributed by atoms with Gasteiger partial charge in [0, 0.05) is 18.3 Å². The largest absolute Gasteiger partial charge is 0.368 e. The number of anilines is 2. The van der Waals surface area contributed by atoms with Crippen LogP contribution in [0.2, 0.25) is 0 Å². The lowest BCUT2D eigenvalue weighted by Crippen LogP contribution is -2.31. The van der Waals surface area contributed by atoms with E-state index in [1.807, 2.05) is 12.1 Å². The van der Waals surface area contributed by atoms with E-state index in [2.05, 4.69) is 39.0 Å². The molecule has 1 atom stereocenters. The fourth-order valence-corrected chi connectivity index (χ4v) is 3.14. The summed E-state index contributed by atoms with van der Waals surface area (Å²) < 4.78 is 1.50. The number of rotatable bonds is 6. The summed E-state index contributed by atoms with van der Waals surface area (Å²) in [6, 6.07) is 4.66. The van der Waals surface area contributed by atoms with Crippen LogP contribution in [0, 0.1) is 0 Å². The van der Waals surface area contributed by atoms with E-state index in [4.69, 9.17) is 11.5 Å². The lowest BCUT2D eigenvalue weighted by atomic mass is 10.2. The highest BCUT2D eigenvalue weighted by Gasteiger charge is 2.23. The minimum atomic E-state index is 0.165. The zero-order chi connectivity index (χ0) is 17.1. The van der Waals surface area contributed by atoms with Gasteiger partial charge in [0.05, 0.1) is 11.9 Å². The highest BCUT2D eigenvalue weighted by atomic mass is 15.4. The van der Waals surface area contributed by atoms with E-state index in [-0.39, 0.29) is 11.9 Å². The van der Waals surface area contributed by atoms with Crippen molar-refractivity contribution in [3.63, 3.8) is 0 Å². The molecule has 0 bridgehead atoms. The highest BCUT2D eigenvalue weighted by Crippen LogP contribution is 2.15.